The van der Waals surface area contributed by atoms with E-state index in [1.54, 1.807) is 0 Å². The molecular formula is C13H16N6O2. The number of piperidine rings is 1. The fraction of sp³-hybridized carbons (Fsp3) is 0.385. The van der Waals surface area contributed by atoms with Crippen LogP contribution in [0.5, 0.6) is 0 Å². The minimum absolute atomic E-state index is 0.0851. The summed E-state index contributed by atoms with van der Waals surface area (Å²) in [7, 11) is 0. The van der Waals surface area contributed by atoms with Gasteiger partial charge in [-0.15, -0.1) is 0 Å². The van der Waals surface area contributed by atoms with Crippen LogP contribution >= 0.6 is 0 Å². The van der Waals surface area contributed by atoms with Crippen LogP contribution in [0.3, 0.4) is 0 Å². The van der Waals surface area contributed by atoms with Crippen molar-refractivity contribution in [2.75, 3.05) is 23.7 Å². The van der Waals surface area contributed by atoms with Crippen molar-refractivity contribution in [3.05, 3.63) is 18.5 Å². The molecule has 0 aliphatic carbocycles. The third kappa shape index (κ3) is 2.78. The second kappa shape index (κ2) is 5.39. The Hall–Kier alpha value is -2.64. The van der Waals surface area contributed by atoms with Crippen molar-refractivity contribution in [2.45, 2.75) is 18.9 Å². The number of amides is 1. The van der Waals surface area contributed by atoms with Crippen molar-refractivity contribution >= 4 is 28.8 Å². The summed E-state index contributed by atoms with van der Waals surface area (Å²) in [5.41, 5.74) is 7.10. The van der Waals surface area contributed by atoms with E-state index in [-0.39, 0.29) is 6.04 Å². The molecule has 1 aliphatic heterocycles. The third-order valence-electron chi connectivity index (χ3n) is 3.57. The minimum atomic E-state index is -0.994. The highest BCUT2D eigenvalue weighted by Gasteiger charge is 2.22. The molecule has 1 fully saturated rings. The molecule has 0 aromatic carbocycles. The normalized spacial score (nSPS) is 18.7. The standard InChI is InChI=1S/C13H16N6O2/c14-12-11-9(15-7-16-12)3-4-10(18-11)19-5-1-2-8(6-19)17-13(20)21/h3-4,7-8,17H,1-2,5-6H2,(H,20,21)(H2,14,15,16)/t8-/m1/s1. The Morgan fingerprint density at radius 3 is 3.10 bits per heavy atom. The van der Waals surface area contributed by atoms with Crippen LogP contribution in [-0.4, -0.2) is 45.3 Å². The molecule has 0 spiro atoms. The Morgan fingerprint density at radius 1 is 1.43 bits per heavy atom. The van der Waals surface area contributed by atoms with Gasteiger partial charge in [0.25, 0.3) is 0 Å². The van der Waals surface area contributed by atoms with Crippen LogP contribution in [0.15, 0.2) is 18.5 Å². The van der Waals surface area contributed by atoms with Gasteiger partial charge in [-0.1, -0.05) is 0 Å². The lowest BCUT2D eigenvalue weighted by Crippen LogP contribution is -2.47. The SMILES string of the molecule is Nc1ncnc2ccc(N3CCC[C@@H](NC(=O)O)C3)nc12. The number of carboxylic acid groups (broad SMARTS) is 1. The molecule has 4 N–H and O–H groups in total. The number of carbonyl (C=O) groups is 1. The zero-order valence-corrected chi connectivity index (χ0v) is 11.4. The van der Waals surface area contributed by atoms with E-state index in [1.807, 2.05) is 12.1 Å². The Bertz CT molecular complexity index is 677. The van der Waals surface area contributed by atoms with Crippen LogP contribution in [0.25, 0.3) is 11.0 Å². The van der Waals surface area contributed by atoms with Crippen LogP contribution in [0.1, 0.15) is 12.8 Å². The van der Waals surface area contributed by atoms with E-state index in [1.165, 1.54) is 6.33 Å². The van der Waals surface area contributed by atoms with Gasteiger partial charge >= 0.3 is 6.09 Å². The molecule has 0 bridgehead atoms. The topological polar surface area (TPSA) is 117 Å². The number of anilines is 2. The molecule has 1 amide bonds. The van der Waals surface area contributed by atoms with Crippen LogP contribution in [0.2, 0.25) is 0 Å². The summed E-state index contributed by atoms with van der Waals surface area (Å²) < 4.78 is 0. The molecule has 2 aromatic rings. The number of nitrogen functional groups attached to an aromatic ring is 1. The van der Waals surface area contributed by atoms with Crippen molar-refractivity contribution in [1.82, 2.24) is 20.3 Å². The summed E-state index contributed by atoms with van der Waals surface area (Å²) in [5.74, 6) is 1.11. The largest absolute Gasteiger partial charge is 0.465 e. The zero-order chi connectivity index (χ0) is 14.8. The maximum atomic E-state index is 10.8. The second-order valence-electron chi connectivity index (χ2n) is 5.03. The maximum Gasteiger partial charge on any atom is 0.404 e. The van der Waals surface area contributed by atoms with Crippen LogP contribution < -0.4 is 16.0 Å². The fourth-order valence-electron chi connectivity index (χ4n) is 2.60. The molecule has 1 atom stereocenters. The smallest absolute Gasteiger partial charge is 0.404 e. The number of hydrogen-bond donors (Lipinski definition) is 3. The van der Waals surface area contributed by atoms with Gasteiger partial charge in [-0.05, 0) is 25.0 Å². The molecule has 0 unspecified atom stereocenters. The van der Waals surface area contributed by atoms with Crippen molar-refractivity contribution in [3.63, 3.8) is 0 Å². The zero-order valence-electron chi connectivity index (χ0n) is 11.4. The predicted molar refractivity (Wildman–Crippen MR) is 78.1 cm³/mol. The lowest BCUT2D eigenvalue weighted by molar-refractivity contribution is 0.188. The van der Waals surface area contributed by atoms with Crippen molar-refractivity contribution in [1.29, 1.82) is 0 Å². The molecule has 8 nitrogen and oxygen atoms in total. The van der Waals surface area contributed by atoms with Crippen LogP contribution in [-0.2, 0) is 0 Å². The summed E-state index contributed by atoms with van der Waals surface area (Å²) in [5, 5.41) is 11.3. The van der Waals surface area contributed by atoms with Gasteiger partial charge in [0.1, 0.15) is 17.7 Å². The molecule has 2 aromatic heterocycles. The molecule has 1 saturated heterocycles. The van der Waals surface area contributed by atoms with E-state index in [2.05, 4.69) is 25.2 Å². The van der Waals surface area contributed by atoms with Gasteiger partial charge in [0.2, 0.25) is 0 Å². The van der Waals surface area contributed by atoms with E-state index in [0.717, 1.165) is 25.2 Å². The number of aromatic nitrogens is 3. The molecule has 1 aliphatic rings. The highest BCUT2D eigenvalue weighted by Crippen LogP contribution is 2.22. The van der Waals surface area contributed by atoms with Crippen LogP contribution in [0, 0.1) is 0 Å². The van der Waals surface area contributed by atoms with Crippen molar-refractivity contribution in [3.8, 4) is 0 Å². The van der Waals surface area contributed by atoms with E-state index in [4.69, 9.17) is 10.8 Å². The number of pyridine rings is 1. The van der Waals surface area contributed by atoms with Crippen LogP contribution in [0.4, 0.5) is 16.4 Å². The summed E-state index contributed by atoms with van der Waals surface area (Å²) in [6.07, 6.45) is 2.16. The Kier molecular flexibility index (Phi) is 3.43. The number of nitrogens with one attached hydrogen (secondary N) is 1. The number of nitrogens with two attached hydrogens (primary N) is 1. The first kappa shape index (κ1) is 13.3. The summed E-state index contributed by atoms with van der Waals surface area (Å²) in [4.78, 5) is 25.4. The molecule has 3 rings (SSSR count). The Balaban J connectivity index is 1.86. The lowest BCUT2D eigenvalue weighted by atomic mass is 10.1. The average molecular weight is 288 g/mol. The minimum Gasteiger partial charge on any atom is -0.465 e. The highest BCUT2D eigenvalue weighted by atomic mass is 16.4. The molecule has 8 heteroatoms. The van der Waals surface area contributed by atoms with Gasteiger partial charge in [0.05, 0.1) is 5.52 Å². The molecular weight excluding hydrogens is 272 g/mol. The number of hydrogen-bond acceptors (Lipinski definition) is 6. The first-order valence-electron chi connectivity index (χ1n) is 6.75. The van der Waals surface area contributed by atoms with E-state index < -0.39 is 6.09 Å². The summed E-state index contributed by atoms with van der Waals surface area (Å²) >= 11 is 0. The maximum absolute atomic E-state index is 10.8. The average Bonchev–Trinajstić information content (AvgIpc) is 2.47. The molecule has 21 heavy (non-hydrogen) atoms. The van der Waals surface area contributed by atoms with E-state index >= 15 is 0 Å². The molecule has 0 saturated carbocycles. The first-order valence-corrected chi connectivity index (χ1v) is 6.75. The molecule has 110 valence electrons. The van der Waals surface area contributed by atoms with Gasteiger partial charge in [-0.3, -0.25) is 0 Å². The Labute approximate surface area is 121 Å². The fourth-order valence-corrected chi connectivity index (χ4v) is 2.60. The van der Waals surface area contributed by atoms with Crippen molar-refractivity contribution < 1.29 is 9.90 Å². The monoisotopic (exact) mass is 288 g/mol. The van der Waals surface area contributed by atoms with Gasteiger partial charge in [-0.2, -0.15) is 0 Å². The predicted octanol–water partition coefficient (Wildman–Crippen LogP) is 0.843. The van der Waals surface area contributed by atoms with Crippen molar-refractivity contribution in [2.24, 2.45) is 0 Å². The van der Waals surface area contributed by atoms with E-state index in [0.29, 0.717) is 23.4 Å². The number of rotatable bonds is 2. The highest BCUT2D eigenvalue weighted by molar-refractivity contribution is 5.84. The summed E-state index contributed by atoms with van der Waals surface area (Å²) in [6, 6.07) is 3.64. The van der Waals surface area contributed by atoms with E-state index in [9.17, 15) is 4.79 Å². The summed E-state index contributed by atoms with van der Waals surface area (Å²) in [6.45, 7) is 1.43. The van der Waals surface area contributed by atoms with Gasteiger partial charge < -0.3 is 21.1 Å². The van der Waals surface area contributed by atoms with Gasteiger partial charge in [-0.25, -0.2) is 19.7 Å². The number of fused-ring (bicyclic) bond motifs is 1. The molecule has 3 heterocycles. The Morgan fingerprint density at radius 2 is 2.29 bits per heavy atom. The first-order chi connectivity index (χ1) is 10.1. The second-order valence-corrected chi connectivity index (χ2v) is 5.03. The van der Waals surface area contributed by atoms with Gasteiger partial charge in [0.15, 0.2) is 5.82 Å². The van der Waals surface area contributed by atoms with Gasteiger partial charge in [0, 0.05) is 19.1 Å². The lowest BCUT2D eigenvalue weighted by Gasteiger charge is -2.33. The molecule has 0 radical (unpaired) electrons. The quantitative estimate of drug-likeness (QED) is 0.749. The third-order valence-corrected chi connectivity index (χ3v) is 3.57. The number of nitrogens with zero attached hydrogens (tertiary/aromatic N) is 4.